The van der Waals surface area contributed by atoms with E-state index in [1.807, 2.05) is 0 Å². The molecule has 0 spiro atoms. The van der Waals surface area contributed by atoms with Gasteiger partial charge in [-0.25, -0.2) is 13.2 Å². The smallest absolute Gasteiger partial charge is 0.255 e. The Morgan fingerprint density at radius 2 is 1.50 bits per heavy atom. The first-order chi connectivity index (χ1) is 13.4. The van der Waals surface area contributed by atoms with Crippen molar-refractivity contribution in [2.75, 3.05) is 5.32 Å². The van der Waals surface area contributed by atoms with E-state index < -0.39 is 29.3 Å². The summed E-state index contributed by atoms with van der Waals surface area (Å²) in [4.78, 5) is 24.2. The Morgan fingerprint density at radius 3 is 2.21 bits per heavy atom. The van der Waals surface area contributed by atoms with Gasteiger partial charge in [0.05, 0.1) is 5.56 Å². The van der Waals surface area contributed by atoms with Crippen LogP contribution in [0.1, 0.15) is 26.3 Å². The SMILES string of the molecule is O=C(Nc1cccc(CNC(=O)c2ccc(F)cc2F)c1)c1ccc(F)cc1. The summed E-state index contributed by atoms with van der Waals surface area (Å²) in [5.41, 5.74) is 1.18. The van der Waals surface area contributed by atoms with Crippen LogP contribution in [0.5, 0.6) is 0 Å². The van der Waals surface area contributed by atoms with Gasteiger partial charge in [-0.3, -0.25) is 9.59 Å². The summed E-state index contributed by atoms with van der Waals surface area (Å²) in [5.74, 6) is -3.24. The minimum atomic E-state index is -0.946. The molecule has 0 aromatic heterocycles. The molecule has 0 aliphatic heterocycles. The number of rotatable bonds is 5. The zero-order chi connectivity index (χ0) is 20.1. The highest BCUT2D eigenvalue weighted by Crippen LogP contribution is 2.14. The molecule has 0 fully saturated rings. The van der Waals surface area contributed by atoms with E-state index in [1.54, 1.807) is 24.3 Å². The fraction of sp³-hybridized carbons (Fsp3) is 0.0476. The van der Waals surface area contributed by atoms with Crippen LogP contribution < -0.4 is 10.6 Å². The van der Waals surface area contributed by atoms with Crippen molar-refractivity contribution in [3.05, 3.63) is 101 Å². The normalized spacial score (nSPS) is 10.4. The molecule has 7 heteroatoms. The van der Waals surface area contributed by atoms with Crippen LogP contribution >= 0.6 is 0 Å². The number of halogens is 3. The minimum absolute atomic E-state index is 0.0793. The van der Waals surface area contributed by atoms with E-state index in [-0.39, 0.29) is 12.1 Å². The average molecular weight is 384 g/mol. The van der Waals surface area contributed by atoms with Crippen molar-refractivity contribution in [1.29, 1.82) is 0 Å². The van der Waals surface area contributed by atoms with E-state index in [0.717, 1.165) is 12.1 Å². The largest absolute Gasteiger partial charge is 0.348 e. The second kappa shape index (κ2) is 8.39. The molecule has 2 amide bonds. The third kappa shape index (κ3) is 4.76. The molecule has 0 saturated heterocycles. The fourth-order valence-electron chi connectivity index (χ4n) is 2.51. The lowest BCUT2D eigenvalue weighted by atomic mass is 10.1. The predicted molar refractivity (Wildman–Crippen MR) is 98.3 cm³/mol. The van der Waals surface area contributed by atoms with Gasteiger partial charge >= 0.3 is 0 Å². The average Bonchev–Trinajstić information content (AvgIpc) is 2.67. The van der Waals surface area contributed by atoms with Crippen LogP contribution in [-0.4, -0.2) is 11.8 Å². The molecule has 2 N–H and O–H groups in total. The van der Waals surface area contributed by atoms with Gasteiger partial charge in [-0.05, 0) is 54.1 Å². The highest BCUT2D eigenvalue weighted by molar-refractivity contribution is 6.04. The molecule has 3 aromatic carbocycles. The number of nitrogens with one attached hydrogen (secondary N) is 2. The summed E-state index contributed by atoms with van der Waals surface area (Å²) < 4.78 is 39.5. The first-order valence-electron chi connectivity index (χ1n) is 8.31. The molecule has 142 valence electrons. The summed E-state index contributed by atoms with van der Waals surface area (Å²) >= 11 is 0. The van der Waals surface area contributed by atoms with Crippen LogP contribution in [0.3, 0.4) is 0 Å². The quantitative estimate of drug-likeness (QED) is 0.690. The Bertz CT molecular complexity index is 1020. The number of amides is 2. The predicted octanol–water partition coefficient (Wildman–Crippen LogP) is 4.29. The van der Waals surface area contributed by atoms with E-state index in [4.69, 9.17) is 0 Å². The van der Waals surface area contributed by atoms with Gasteiger partial charge in [-0.1, -0.05) is 12.1 Å². The second-order valence-electron chi connectivity index (χ2n) is 5.97. The van der Waals surface area contributed by atoms with Crippen molar-refractivity contribution in [3.8, 4) is 0 Å². The minimum Gasteiger partial charge on any atom is -0.348 e. The summed E-state index contributed by atoms with van der Waals surface area (Å²) in [6, 6.07) is 14.5. The molecule has 0 saturated carbocycles. The van der Waals surface area contributed by atoms with Crippen LogP contribution in [-0.2, 0) is 6.54 Å². The number of carbonyl (C=O) groups excluding carboxylic acids is 2. The van der Waals surface area contributed by atoms with Crippen molar-refractivity contribution in [1.82, 2.24) is 5.32 Å². The topological polar surface area (TPSA) is 58.2 Å². The third-order valence-electron chi connectivity index (χ3n) is 3.92. The first-order valence-corrected chi connectivity index (χ1v) is 8.31. The summed E-state index contributed by atoms with van der Waals surface area (Å²) in [6.07, 6.45) is 0. The van der Waals surface area contributed by atoms with E-state index >= 15 is 0 Å². The van der Waals surface area contributed by atoms with Gasteiger partial charge in [0.1, 0.15) is 17.5 Å². The third-order valence-corrected chi connectivity index (χ3v) is 3.92. The molecule has 0 atom stereocenters. The second-order valence-corrected chi connectivity index (χ2v) is 5.97. The molecule has 3 rings (SSSR count). The Balaban J connectivity index is 1.63. The van der Waals surface area contributed by atoms with Crippen molar-refractivity contribution in [2.24, 2.45) is 0 Å². The molecule has 28 heavy (non-hydrogen) atoms. The Morgan fingerprint density at radius 1 is 0.786 bits per heavy atom. The lowest BCUT2D eigenvalue weighted by Gasteiger charge is -2.09. The zero-order valence-electron chi connectivity index (χ0n) is 14.5. The Kier molecular flexibility index (Phi) is 5.74. The molecule has 0 aliphatic carbocycles. The maximum absolute atomic E-state index is 13.6. The maximum atomic E-state index is 13.6. The highest BCUT2D eigenvalue weighted by Gasteiger charge is 2.12. The van der Waals surface area contributed by atoms with Crippen molar-refractivity contribution in [2.45, 2.75) is 6.54 Å². The number of carbonyl (C=O) groups is 2. The zero-order valence-corrected chi connectivity index (χ0v) is 14.5. The summed E-state index contributed by atoms with van der Waals surface area (Å²) in [7, 11) is 0. The lowest BCUT2D eigenvalue weighted by molar-refractivity contribution is 0.0945. The van der Waals surface area contributed by atoms with Crippen LogP contribution in [0, 0.1) is 17.5 Å². The van der Waals surface area contributed by atoms with E-state index in [9.17, 15) is 22.8 Å². The molecule has 0 radical (unpaired) electrons. The van der Waals surface area contributed by atoms with Gasteiger partial charge in [0.15, 0.2) is 0 Å². The molecule has 0 bridgehead atoms. The Hall–Kier alpha value is -3.61. The monoisotopic (exact) mass is 384 g/mol. The van der Waals surface area contributed by atoms with Crippen molar-refractivity contribution in [3.63, 3.8) is 0 Å². The van der Waals surface area contributed by atoms with E-state index in [2.05, 4.69) is 10.6 Å². The van der Waals surface area contributed by atoms with Crippen LogP contribution in [0.25, 0.3) is 0 Å². The van der Waals surface area contributed by atoms with E-state index in [1.165, 1.54) is 24.3 Å². The van der Waals surface area contributed by atoms with Crippen molar-refractivity contribution < 1.29 is 22.8 Å². The first kappa shape index (κ1) is 19.2. The van der Waals surface area contributed by atoms with Gasteiger partial charge < -0.3 is 10.6 Å². The molecule has 4 nitrogen and oxygen atoms in total. The number of hydrogen-bond acceptors (Lipinski definition) is 2. The number of anilines is 1. The van der Waals surface area contributed by atoms with Crippen LogP contribution in [0.4, 0.5) is 18.9 Å². The van der Waals surface area contributed by atoms with Gasteiger partial charge in [-0.2, -0.15) is 0 Å². The molecule has 3 aromatic rings. The lowest BCUT2D eigenvalue weighted by Crippen LogP contribution is -2.24. The van der Waals surface area contributed by atoms with Gasteiger partial charge in [-0.15, -0.1) is 0 Å². The Labute approximate surface area is 159 Å². The standard InChI is InChI=1S/C21H15F3N2O2/c22-15-6-4-14(5-7-15)20(27)26-17-3-1-2-13(10-17)12-25-21(28)18-9-8-16(23)11-19(18)24/h1-11H,12H2,(H,25,28)(H,26,27). The molecular formula is C21H15F3N2O2. The van der Waals surface area contributed by atoms with Gasteiger partial charge in [0.2, 0.25) is 0 Å². The highest BCUT2D eigenvalue weighted by atomic mass is 19.1. The van der Waals surface area contributed by atoms with Crippen LogP contribution in [0.15, 0.2) is 66.7 Å². The fourth-order valence-corrected chi connectivity index (χ4v) is 2.51. The van der Waals surface area contributed by atoms with E-state index in [0.29, 0.717) is 22.9 Å². The molecular weight excluding hydrogens is 369 g/mol. The summed E-state index contributed by atoms with van der Waals surface area (Å²) in [6.45, 7) is 0.0793. The molecule has 0 unspecified atom stereocenters. The summed E-state index contributed by atoms with van der Waals surface area (Å²) in [5, 5.41) is 5.22. The number of hydrogen-bond donors (Lipinski definition) is 2. The van der Waals surface area contributed by atoms with Gasteiger partial charge in [0.25, 0.3) is 11.8 Å². The van der Waals surface area contributed by atoms with Gasteiger partial charge in [0, 0.05) is 23.9 Å². The maximum Gasteiger partial charge on any atom is 0.255 e. The van der Waals surface area contributed by atoms with Crippen LogP contribution in [0.2, 0.25) is 0 Å². The molecule has 0 heterocycles. The van der Waals surface area contributed by atoms with Crippen molar-refractivity contribution >= 4 is 17.5 Å². The molecule has 0 aliphatic rings. The number of benzene rings is 3.